The number of rotatable bonds is 5. The molecule has 0 spiro atoms. The molecule has 0 fully saturated rings. The molecule has 3 aromatic carbocycles. The molecule has 1 aromatic heterocycles. The summed E-state index contributed by atoms with van der Waals surface area (Å²) >= 11 is 0. The lowest BCUT2D eigenvalue weighted by Gasteiger charge is -2.02. The predicted molar refractivity (Wildman–Crippen MR) is 110 cm³/mol. The maximum absolute atomic E-state index is 12.3. The number of amides is 1. The quantitative estimate of drug-likeness (QED) is 0.412. The van der Waals surface area contributed by atoms with Crippen molar-refractivity contribution in [2.24, 2.45) is 5.10 Å². The fourth-order valence-electron chi connectivity index (χ4n) is 2.79. The van der Waals surface area contributed by atoms with Crippen LogP contribution in [0, 0.1) is 0 Å². The van der Waals surface area contributed by atoms with E-state index in [1.54, 1.807) is 25.5 Å². The largest absolute Gasteiger partial charge is 0.497 e. The third-order valence-electron chi connectivity index (χ3n) is 4.31. The lowest BCUT2D eigenvalue weighted by molar-refractivity contribution is 0.0955. The Hall–Kier alpha value is -3.93. The lowest BCUT2D eigenvalue weighted by atomic mass is 10.1. The van der Waals surface area contributed by atoms with Gasteiger partial charge in [0.25, 0.3) is 5.91 Å². The van der Waals surface area contributed by atoms with E-state index >= 15 is 0 Å². The fraction of sp³-hybridized carbons (Fsp3) is 0.0455. The first-order valence-electron chi connectivity index (χ1n) is 8.75. The fourth-order valence-corrected chi connectivity index (χ4v) is 2.79. The highest BCUT2D eigenvalue weighted by Crippen LogP contribution is 2.20. The molecule has 4 rings (SSSR count). The number of nitrogens with one attached hydrogen (secondary N) is 2. The molecule has 0 radical (unpaired) electrons. The van der Waals surface area contributed by atoms with Gasteiger partial charge >= 0.3 is 0 Å². The number of benzene rings is 3. The summed E-state index contributed by atoms with van der Waals surface area (Å²) < 4.78 is 5.11. The molecule has 0 aliphatic rings. The number of ether oxygens (including phenoxy) is 1. The summed E-state index contributed by atoms with van der Waals surface area (Å²) in [6.45, 7) is 0. The van der Waals surface area contributed by atoms with Crippen molar-refractivity contribution in [3.05, 3.63) is 83.9 Å². The highest BCUT2D eigenvalue weighted by molar-refractivity contribution is 5.95. The van der Waals surface area contributed by atoms with E-state index in [0.29, 0.717) is 5.56 Å². The number of imidazole rings is 1. The molecular weight excluding hydrogens is 352 g/mol. The van der Waals surface area contributed by atoms with Crippen molar-refractivity contribution in [1.82, 2.24) is 15.4 Å². The molecule has 6 nitrogen and oxygen atoms in total. The molecule has 1 amide bonds. The van der Waals surface area contributed by atoms with Crippen molar-refractivity contribution in [2.45, 2.75) is 0 Å². The number of carbonyl (C=O) groups excluding carboxylic acids is 1. The van der Waals surface area contributed by atoms with E-state index < -0.39 is 0 Å². The van der Waals surface area contributed by atoms with E-state index in [-0.39, 0.29) is 5.91 Å². The number of fused-ring (bicyclic) bond motifs is 1. The molecule has 0 aliphatic carbocycles. The highest BCUT2D eigenvalue weighted by Gasteiger charge is 2.07. The monoisotopic (exact) mass is 370 g/mol. The average Bonchev–Trinajstić information content (AvgIpc) is 3.18. The maximum atomic E-state index is 12.3. The Morgan fingerprint density at radius 1 is 1.04 bits per heavy atom. The molecule has 1 heterocycles. The molecule has 0 saturated carbocycles. The number of methoxy groups -OCH3 is 1. The SMILES string of the molecule is COc1ccc(/C=N/NC(=O)c2ccc(-c3nc4ccccc4[nH]3)cc2)cc1. The summed E-state index contributed by atoms with van der Waals surface area (Å²) in [7, 11) is 1.61. The minimum Gasteiger partial charge on any atom is -0.497 e. The Balaban J connectivity index is 1.42. The van der Waals surface area contributed by atoms with Crippen LogP contribution in [0.1, 0.15) is 15.9 Å². The van der Waals surface area contributed by atoms with Gasteiger partial charge in [-0.05, 0) is 54.1 Å². The normalized spacial score (nSPS) is 11.0. The summed E-state index contributed by atoms with van der Waals surface area (Å²) in [5.74, 6) is 1.26. The smallest absolute Gasteiger partial charge is 0.271 e. The number of H-pyrrole nitrogens is 1. The van der Waals surface area contributed by atoms with E-state index in [9.17, 15) is 4.79 Å². The van der Waals surface area contributed by atoms with Gasteiger partial charge in [0.1, 0.15) is 11.6 Å². The number of hydrogen-bond donors (Lipinski definition) is 2. The van der Waals surface area contributed by atoms with Crippen LogP contribution in [0.2, 0.25) is 0 Å². The zero-order chi connectivity index (χ0) is 19.3. The van der Waals surface area contributed by atoms with Crippen molar-refractivity contribution in [3.8, 4) is 17.1 Å². The van der Waals surface area contributed by atoms with Crippen LogP contribution >= 0.6 is 0 Å². The summed E-state index contributed by atoms with van der Waals surface area (Å²) in [4.78, 5) is 20.1. The maximum Gasteiger partial charge on any atom is 0.271 e. The van der Waals surface area contributed by atoms with Crippen molar-refractivity contribution in [3.63, 3.8) is 0 Å². The molecule has 0 aliphatic heterocycles. The van der Waals surface area contributed by atoms with E-state index in [2.05, 4.69) is 20.5 Å². The van der Waals surface area contributed by atoms with Gasteiger partial charge in [-0.1, -0.05) is 24.3 Å². The van der Waals surface area contributed by atoms with Crippen molar-refractivity contribution in [2.75, 3.05) is 7.11 Å². The van der Waals surface area contributed by atoms with E-state index in [0.717, 1.165) is 33.7 Å². The van der Waals surface area contributed by atoms with Gasteiger partial charge in [-0.25, -0.2) is 10.4 Å². The first-order valence-corrected chi connectivity index (χ1v) is 8.75. The van der Waals surface area contributed by atoms with E-state index in [1.807, 2.05) is 60.7 Å². The standard InChI is InChI=1S/C22H18N4O2/c1-28-18-12-6-15(7-13-18)14-23-26-22(27)17-10-8-16(9-11-17)21-24-19-4-2-3-5-20(19)25-21/h2-14H,1H3,(H,24,25)(H,26,27)/b23-14+. The van der Waals surface area contributed by atoms with Crippen LogP contribution in [0.3, 0.4) is 0 Å². The Morgan fingerprint density at radius 2 is 1.79 bits per heavy atom. The zero-order valence-corrected chi connectivity index (χ0v) is 15.2. The number of hydrazone groups is 1. The van der Waals surface area contributed by atoms with Gasteiger partial charge in [0.2, 0.25) is 0 Å². The second kappa shape index (κ2) is 7.75. The molecule has 0 bridgehead atoms. The molecule has 0 saturated heterocycles. The van der Waals surface area contributed by atoms with Crippen molar-refractivity contribution < 1.29 is 9.53 Å². The summed E-state index contributed by atoms with van der Waals surface area (Å²) in [6, 6.07) is 22.5. The highest BCUT2D eigenvalue weighted by atomic mass is 16.5. The zero-order valence-electron chi connectivity index (χ0n) is 15.2. The van der Waals surface area contributed by atoms with Crippen LogP contribution in [0.5, 0.6) is 5.75 Å². The molecule has 6 heteroatoms. The molecule has 4 aromatic rings. The van der Waals surface area contributed by atoms with Gasteiger partial charge in [0.15, 0.2) is 0 Å². The average molecular weight is 370 g/mol. The minimum absolute atomic E-state index is 0.277. The number of hydrogen-bond acceptors (Lipinski definition) is 4. The molecule has 0 atom stereocenters. The van der Waals surface area contributed by atoms with Crippen molar-refractivity contribution >= 4 is 23.2 Å². The van der Waals surface area contributed by atoms with Crippen LogP contribution in [-0.4, -0.2) is 29.2 Å². The van der Waals surface area contributed by atoms with Crippen LogP contribution in [-0.2, 0) is 0 Å². The van der Waals surface area contributed by atoms with Gasteiger partial charge in [0, 0.05) is 11.1 Å². The molecule has 138 valence electrons. The predicted octanol–water partition coefficient (Wildman–Crippen LogP) is 4.00. The van der Waals surface area contributed by atoms with Crippen LogP contribution in [0.15, 0.2) is 77.9 Å². The third-order valence-corrected chi connectivity index (χ3v) is 4.31. The first kappa shape index (κ1) is 17.5. The second-order valence-electron chi connectivity index (χ2n) is 6.15. The van der Waals surface area contributed by atoms with Gasteiger partial charge in [0.05, 0.1) is 24.4 Å². The van der Waals surface area contributed by atoms with Crippen LogP contribution in [0.25, 0.3) is 22.4 Å². The Kier molecular flexibility index (Phi) is 4.84. The van der Waals surface area contributed by atoms with E-state index in [1.165, 1.54) is 0 Å². The topological polar surface area (TPSA) is 79.4 Å². The first-order chi connectivity index (χ1) is 13.7. The summed E-state index contributed by atoms with van der Waals surface area (Å²) in [6.07, 6.45) is 1.58. The van der Waals surface area contributed by atoms with E-state index in [4.69, 9.17) is 4.74 Å². The second-order valence-corrected chi connectivity index (χ2v) is 6.15. The van der Waals surface area contributed by atoms with Gasteiger partial charge in [-0.15, -0.1) is 0 Å². The third kappa shape index (κ3) is 3.76. The lowest BCUT2D eigenvalue weighted by Crippen LogP contribution is -2.17. The molecular formula is C22H18N4O2. The molecule has 28 heavy (non-hydrogen) atoms. The van der Waals surface area contributed by atoms with Crippen LogP contribution < -0.4 is 10.2 Å². The summed E-state index contributed by atoms with van der Waals surface area (Å²) in [5, 5.41) is 4.00. The van der Waals surface area contributed by atoms with Gasteiger partial charge in [-0.2, -0.15) is 5.10 Å². The number of aromatic amines is 1. The molecule has 0 unspecified atom stereocenters. The Bertz CT molecular complexity index is 1100. The van der Waals surface area contributed by atoms with Crippen molar-refractivity contribution in [1.29, 1.82) is 0 Å². The Morgan fingerprint density at radius 3 is 2.50 bits per heavy atom. The number of para-hydroxylation sites is 2. The Labute approximate surface area is 161 Å². The van der Waals surface area contributed by atoms with Gasteiger partial charge < -0.3 is 9.72 Å². The summed E-state index contributed by atoms with van der Waals surface area (Å²) in [5.41, 5.74) is 6.71. The van der Waals surface area contributed by atoms with Crippen LogP contribution in [0.4, 0.5) is 0 Å². The molecule has 2 N–H and O–H groups in total. The van der Waals surface area contributed by atoms with Gasteiger partial charge in [-0.3, -0.25) is 4.79 Å². The number of carbonyl (C=O) groups is 1. The number of aromatic nitrogens is 2. The minimum atomic E-state index is -0.277. The number of nitrogens with zero attached hydrogens (tertiary/aromatic N) is 2.